The largest absolute Gasteiger partial charge is 0.370 e. The molecule has 0 aliphatic heterocycles. The number of rotatable bonds is 9. The van der Waals surface area contributed by atoms with E-state index in [0.29, 0.717) is 23.5 Å². The maximum Gasteiger partial charge on any atom is 0.294 e. The number of anilines is 2. The third-order valence-electron chi connectivity index (χ3n) is 6.81. The molecule has 2 aromatic heterocycles. The number of aromatic nitrogens is 3. The number of benzene rings is 1. The van der Waals surface area contributed by atoms with Crippen molar-refractivity contribution in [3.63, 3.8) is 0 Å². The zero-order chi connectivity index (χ0) is 26.2. The van der Waals surface area contributed by atoms with Crippen LogP contribution < -0.4 is 10.6 Å². The summed E-state index contributed by atoms with van der Waals surface area (Å²) in [6.07, 6.45) is 4.28. The zero-order valence-corrected chi connectivity index (χ0v) is 21.3. The first-order chi connectivity index (χ1) is 17.8. The summed E-state index contributed by atoms with van der Waals surface area (Å²) in [5.41, 5.74) is 2.30. The molecule has 1 aromatic carbocycles. The Labute approximate surface area is 218 Å². The molecule has 190 valence electrons. The van der Waals surface area contributed by atoms with Gasteiger partial charge < -0.3 is 10.6 Å². The van der Waals surface area contributed by atoms with E-state index in [4.69, 9.17) is 0 Å². The Morgan fingerprint density at radius 3 is 2.51 bits per heavy atom. The fourth-order valence-corrected chi connectivity index (χ4v) is 5.08. The van der Waals surface area contributed by atoms with Crippen LogP contribution in [0, 0.1) is 17.2 Å². The van der Waals surface area contributed by atoms with E-state index >= 15 is 0 Å². The average Bonchev–Trinajstić information content (AvgIpc) is 3.83. The first-order valence-corrected chi connectivity index (χ1v) is 13.2. The molecule has 2 fully saturated rings. The molecule has 0 saturated heterocycles. The van der Waals surface area contributed by atoms with Crippen molar-refractivity contribution in [3.05, 3.63) is 59.5 Å². The highest BCUT2D eigenvalue weighted by atomic mass is 32.2. The standard InChI is InChI=1S/C27H26F2N6OS/c1-3-37-21-12-17(16-4-6-18(7-5-16)26(15-30)10-11-26)14-32-23(21)25(36)33-20-13-22(34-35-24(20)31-2)27(28,29)19-8-9-19/h4-7,12-14,19H,3,8-11H2,1-2H3,(H,31,35)(H,33,34,36). The number of pyridine rings is 1. The molecule has 2 heterocycles. The molecule has 3 aromatic rings. The fraction of sp³-hybridized carbons (Fsp3) is 0.370. The number of nitrogens with zero attached hydrogens (tertiary/aromatic N) is 4. The first-order valence-electron chi connectivity index (χ1n) is 12.2. The van der Waals surface area contributed by atoms with Gasteiger partial charge in [-0.05, 0) is 54.7 Å². The molecule has 1 amide bonds. The third kappa shape index (κ3) is 4.88. The molecule has 5 rings (SSSR count). The topological polar surface area (TPSA) is 104 Å². The lowest BCUT2D eigenvalue weighted by molar-refractivity contribution is -0.0335. The van der Waals surface area contributed by atoms with Gasteiger partial charge in [-0.15, -0.1) is 22.0 Å². The van der Waals surface area contributed by atoms with Crippen LogP contribution in [0.1, 0.15) is 54.4 Å². The monoisotopic (exact) mass is 520 g/mol. The normalized spacial score (nSPS) is 16.1. The highest BCUT2D eigenvalue weighted by Gasteiger charge is 2.49. The summed E-state index contributed by atoms with van der Waals surface area (Å²) in [6.45, 7) is 1.98. The number of thioether (sulfide) groups is 1. The minimum absolute atomic E-state index is 0.123. The van der Waals surface area contributed by atoms with Crippen molar-refractivity contribution < 1.29 is 13.6 Å². The summed E-state index contributed by atoms with van der Waals surface area (Å²) < 4.78 is 29.3. The van der Waals surface area contributed by atoms with E-state index in [2.05, 4.69) is 31.9 Å². The van der Waals surface area contributed by atoms with Crippen LogP contribution in [0.15, 0.2) is 47.5 Å². The Morgan fingerprint density at radius 2 is 1.92 bits per heavy atom. The van der Waals surface area contributed by atoms with Gasteiger partial charge >= 0.3 is 0 Å². The predicted octanol–water partition coefficient (Wildman–Crippen LogP) is 6.00. The smallest absolute Gasteiger partial charge is 0.294 e. The van der Waals surface area contributed by atoms with Gasteiger partial charge in [0.05, 0.1) is 17.2 Å². The second-order valence-electron chi connectivity index (χ2n) is 9.37. The van der Waals surface area contributed by atoms with Crippen LogP contribution in [0.4, 0.5) is 20.3 Å². The number of halogens is 2. The van der Waals surface area contributed by atoms with Crippen molar-refractivity contribution in [3.8, 4) is 17.2 Å². The molecule has 0 atom stereocenters. The molecule has 10 heteroatoms. The lowest BCUT2D eigenvalue weighted by Crippen LogP contribution is -2.21. The number of carbonyl (C=O) groups excluding carboxylic acids is 1. The summed E-state index contributed by atoms with van der Waals surface area (Å²) >= 11 is 1.47. The Bertz CT molecular complexity index is 1380. The minimum Gasteiger partial charge on any atom is -0.370 e. The van der Waals surface area contributed by atoms with E-state index in [1.165, 1.54) is 17.8 Å². The van der Waals surface area contributed by atoms with Gasteiger partial charge in [-0.25, -0.2) is 4.98 Å². The lowest BCUT2D eigenvalue weighted by atomic mass is 9.95. The van der Waals surface area contributed by atoms with E-state index in [1.54, 1.807) is 13.2 Å². The van der Waals surface area contributed by atoms with Gasteiger partial charge in [0.1, 0.15) is 11.4 Å². The molecule has 0 bridgehead atoms. The Morgan fingerprint density at radius 1 is 1.19 bits per heavy atom. The molecule has 2 N–H and O–H groups in total. The van der Waals surface area contributed by atoms with Crippen molar-refractivity contribution in [2.45, 2.75) is 48.8 Å². The Balaban J connectivity index is 1.41. The van der Waals surface area contributed by atoms with Crippen LogP contribution in [-0.4, -0.2) is 33.9 Å². The minimum atomic E-state index is -3.09. The van der Waals surface area contributed by atoms with Crippen molar-refractivity contribution in [1.29, 1.82) is 5.26 Å². The van der Waals surface area contributed by atoms with E-state index in [9.17, 15) is 18.8 Å². The predicted molar refractivity (Wildman–Crippen MR) is 139 cm³/mol. The van der Waals surface area contributed by atoms with Crippen LogP contribution in [0.5, 0.6) is 0 Å². The highest BCUT2D eigenvalue weighted by Crippen LogP contribution is 2.49. The van der Waals surface area contributed by atoms with E-state index in [-0.39, 0.29) is 22.6 Å². The number of alkyl halides is 2. The molecule has 7 nitrogen and oxygen atoms in total. The summed E-state index contributed by atoms with van der Waals surface area (Å²) in [6, 6.07) is 13.4. The SMILES string of the molecule is CCSc1cc(-c2ccc(C3(C#N)CC3)cc2)cnc1C(=O)Nc1cc(C(F)(F)C2CC2)nnc1NC. The van der Waals surface area contributed by atoms with Crippen LogP contribution >= 0.6 is 11.8 Å². The zero-order valence-electron chi connectivity index (χ0n) is 20.5. The molecule has 37 heavy (non-hydrogen) atoms. The number of carbonyl (C=O) groups is 1. The maximum absolute atomic E-state index is 14.6. The molecule has 0 radical (unpaired) electrons. The van der Waals surface area contributed by atoms with Crippen molar-refractivity contribution in [2.24, 2.45) is 5.92 Å². The molecular formula is C27H26F2N6OS. The highest BCUT2D eigenvalue weighted by molar-refractivity contribution is 7.99. The second-order valence-corrected chi connectivity index (χ2v) is 10.7. The molecule has 2 aliphatic carbocycles. The Kier molecular flexibility index (Phi) is 6.58. The summed E-state index contributed by atoms with van der Waals surface area (Å²) in [4.78, 5) is 18.4. The number of hydrogen-bond donors (Lipinski definition) is 2. The third-order valence-corrected chi connectivity index (χ3v) is 7.72. The molecule has 0 unspecified atom stereocenters. The molecule has 2 saturated carbocycles. The first kappa shape index (κ1) is 25.1. The number of nitriles is 1. The van der Waals surface area contributed by atoms with Gasteiger partial charge in [-0.2, -0.15) is 14.0 Å². The summed E-state index contributed by atoms with van der Waals surface area (Å²) in [7, 11) is 1.58. The van der Waals surface area contributed by atoms with Gasteiger partial charge in [-0.1, -0.05) is 31.2 Å². The summed E-state index contributed by atoms with van der Waals surface area (Å²) in [5.74, 6) is -3.45. The molecular weight excluding hydrogens is 494 g/mol. The second kappa shape index (κ2) is 9.71. The number of nitrogens with one attached hydrogen (secondary N) is 2. The van der Waals surface area contributed by atoms with Crippen LogP contribution in [0.2, 0.25) is 0 Å². The van der Waals surface area contributed by atoms with Gasteiger partial charge in [0, 0.05) is 29.6 Å². The summed E-state index contributed by atoms with van der Waals surface area (Å²) in [5, 5.41) is 22.5. The molecule has 0 spiro atoms. The van der Waals surface area contributed by atoms with Crippen molar-refractivity contribution in [2.75, 3.05) is 23.4 Å². The average molecular weight is 521 g/mol. The number of amides is 1. The molecule has 2 aliphatic rings. The van der Waals surface area contributed by atoms with Crippen molar-refractivity contribution >= 4 is 29.2 Å². The van der Waals surface area contributed by atoms with Gasteiger partial charge in [-0.3, -0.25) is 4.79 Å². The van der Waals surface area contributed by atoms with Crippen LogP contribution in [0.3, 0.4) is 0 Å². The van der Waals surface area contributed by atoms with Gasteiger partial charge in [0.15, 0.2) is 5.82 Å². The van der Waals surface area contributed by atoms with Crippen LogP contribution in [0.25, 0.3) is 11.1 Å². The van der Waals surface area contributed by atoms with Gasteiger partial charge in [0.25, 0.3) is 11.8 Å². The van der Waals surface area contributed by atoms with Crippen molar-refractivity contribution in [1.82, 2.24) is 15.2 Å². The number of hydrogen-bond acceptors (Lipinski definition) is 7. The van der Waals surface area contributed by atoms with Gasteiger partial charge in [0.2, 0.25) is 0 Å². The fourth-order valence-electron chi connectivity index (χ4n) is 4.28. The lowest BCUT2D eigenvalue weighted by Gasteiger charge is -2.17. The van der Waals surface area contributed by atoms with Crippen LogP contribution in [-0.2, 0) is 11.3 Å². The van der Waals surface area contributed by atoms with E-state index in [1.807, 2.05) is 37.3 Å². The quantitative estimate of drug-likeness (QED) is 0.334. The Hall–Kier alpha value is -3.58. The maximum atomic E-state index is 14.6. The van der Waals surface area contributed by atoms with E-state index in [0.717, 1.165) is 29.5 Å². The van der Waals surface area contributed by atoms with E-state index < -0.39 is 23.4 Å².